The van der Waals surface area contributed by atoms with Crippen LogP contribution in [0.15, 0.2) is 42.5 Å². The summed E-state index contributed by atoms with van der Waals surface area (Å²) in [6.07, 6.45) is 0.382. The van der Waals surface area contributed by atoms with Crippen molar-refractivity contribution in [1.29, 1.82) is 0 Å². The van der Waals surface area contributed by atoms with Gasteiger partial charge in [0.1, 0.15) is 5.75 Å². The minimum atomic E-state index is -0.227. The van der Waals surface area contributed by atoms with Crippen molar-refractivity contribution in [2.45, 2.75) is 20.3 Å². The minimum absolute atomic E-state index is 0.0536. The molecule has 5 heteroatoms. The van der Waals surface area contributed by atoms with Crippen LogP contribution in [0.3, 0.4) is 0 Å². The van der Waals surface area contributed by atoms with Gasteiger partial charge in [0.2, 0.25) is 5.91 Å². The average Bonchev–Trinajstić information content (AvgIpc) is 2.88. The molecule has 2 aromatic rings. The van der Waals surface area contributed by atoms with Crippen molar-refractivity contribution in [3.05, 3.63) is 53.6 Å². The first-order chi connectivity index (χ1) is 11.6. The van der Waals surface area contributed by atoms with E-state index in [9.17, 15) is 9.59 Å². The number of hydrogen-bond acceptors (Lipinski definition) is 3. The number of carbonyl (C=O) groups excluding carboxylic acids is 2. The molecular weight excluding hydrogens is 304 g/mol. The summed E-state index contributed by atoms with van der Waals surface area (Å²) in [4.78, 5) is 25.7. The molecule has 1 aliphatic rings. The SMILES string of the molecule is CCN1C(=O)Cc2cc(NC(=O)COc3ccccc3C)ccc21. The molecule has 0 bridgehead atoms. The van der Waals surface area contributed by atoms with Crippen molar-refractivity contribution >= 4 is 23.2 Å². The second-order valence-electron chi connectivity index (χ2n) is 5.76. The summed E-state index contributed by atoms with van der Waals surface area (Å²) in [5.74, 6) is 0.569. The molecule has 0 saturated heterocycles. The second kappa shape index (κ2) is 6.74. The number of likely N-dealkylation sites (N-methyl/N-ethyl adjacent to an activating group) is 1. The van der Waals surface area contributed by atoms with Crippen LogP contribution in [-0.4, -0.2) is 25.0 Å². The third kappa shape index (κ3) is 3.25. The van der Waals surface area contributed by atoms with E-state index in [1.807, 2.05) is 56.3 Å². The topological polar surface area (TPSA) is 58.6 Å². The molecule has 2 aromatic carbocycles. The highest BCUT2D eigenvalue weighted by molar-refractivity contribution is 6.02. The number of hydrogen-bond donors (Lipinski definition) is 1. The Morgan fingerprint density at radius 2 is 2.04 bits per heavy atom. The third-order valence-electron chi connectivity index (χ3n) is 4.07. The summed E-state index contributed by atoms with van der Waals surface area (Å²) in [6.45, 7) is 4.49. The van der Waals surface area contributed by atoms with Crippen LogP contribution in [0.1, 0.15) is 18.1 Å². The lowest BCUT2D eigenvalue weighted by Gasteiger charge is -2.15. The van der Waals surface area contributed by atoms with Gasteiger partial charge in [-0.1, -0.05) is 18.2 Å². The van der Waals surface area contributed by atoms with E-state index in [4.69, 9.17) is 4.74 Å². The number of aryl methyl sites for hydroxylation is 1. The Morgan fingerprint density at radius 1 is 1.25 bits per heavy atom. The number of amides is 2. The van der Waals surface area contributed by atoms with Gasteiger partial charge < -0.3 is 15.0 Å². The Bertz CT molecular complexity index is 786. The number of anilines is 2. The average molecular weight is 324 g/mol. The molecule has 124 valence electrons. The van der Waals surface area contributed by atoms with E-state index in [0.29, 0.717) is 24.4 Å². The van der Waals surface area contributed by atoms with Gasteiger partial charge in [-0.2, -0.15) is 0 Å². The Hall–Kier alpha value is -2.82. The van der Waals surface area contributed by atoms with Gasteiger partial charge in [0, 0.05) is 17.9 Å². The molecule has 0 unspecified atom stereocenters. The van der Waals surface area contributed by atoms with Gasteiger partial charge in [0.15, 0.2) is 6.61 Å². The molecule has 0 aliphatic carbocycles. The van der Waals surface area contributed by atoms with Gasteiger partial charge in [-0.05, 0) is 49.2 Å². The zero-order valence-electron chi connectivity index (χ0n) is 13.8. The molecule has 0 aromatic heterocycles. The summed E-state index contributed by atoms with van der Waals surface area (Å²) in [7, 11) is 0. The van der Waals surface area contributed by atoms with Crippen LogP contribution in [0.5, 0.6) is 5.75 Å². The molecule has 0 saturated carbocycles. The fraction of sp³-hybridized carbons (Fsp3) is 0.263. The molecule has 0 fully saturated rings. The number of benzene rings is 2. The number of para-hydroxylation sites is 1. The van der Waals surface area contributed by atoms with E-state index < -0.39 is 0 Å². The molecule has 3 rings (SSSR count). The predicted octanol–water partition coefficient (Wildman–Crippen LogP) is 2.92. The Kier molecular flexibility index (Phi) is 4.51. The van der Waals surface area contributed by atoms with Crippen molar-refractivity contribution in [2.75, 3.05) is 23.4 Å². The number of rotatable bonds is 5. The minimum Gasteiger partial charge on any atom is -0.483 e. The number of fused-ring (bicyclic) bond motifs is 1. The normalized spacial score (nSPS) is 12.9. The molecule has 0 atom stereocenters. The van der Waals surface area contributed by atoms with Crippen LogP contribution >= 0.6 is 0 Å². The highest BCUT2D eigenvalue weighted by Gasteiger charge is 2.25. The van der Waals surface area contributed by atoms with Crippen molar-refractivity contribution in [2.24, 2.45) is 0 Å². The first-order valence-corrected chi connectivity index (χ1v) is 8.00. The van der Waals surface area contributed by atoms with Crippen LogP contribution in [0.2, 0.25) is 0 Å². The molecule has 2 amide bonds. The van der Waals surface area contributed by atoms with E-state index in [0.717, 1.165) is 16.8 Å². The number of carbonyl (C=O) groups is 2. The maximum Gasteiger partial charge on any atom is 0.262 e. The first-order valence-electron chi connectivity index (χ1n) is 8.00. The van der Waals surface area contributed by atoms with Crippen LogP contribution < -0.4 is 15.0 Å². The largest absolute Gasteiger partial charge is 0.483 e. The van der Waals surface area contributed by atoms with E-state index in [1.165, 1.54) is 0 Å². The van der Waals surface area contributed by atoms with Gasteiger partial charge in [-0.3, -0.25) is 9.59 Å². The molecule has 0 radical (unpaired) electrons. The van der Waals surface area contributed by atoms with Crippen LogP contribution in [-0.2, 0) is 16.0 Å². The number of nitrogens with one attached hydrogen (secondary N) is 1. The highest BCUT2D eigenvalue weighted by atomic mass is 16.5. The molecule has 5 nitrogen and oxygen atoms in total. The standard InChI is InChI=1S/C19H20N2O3/c1-3-21-16-9-8-15(10-14(16)11-19(21)23)20-18(22)12-24-17-7-5-4-6-13(17)2/h4-10H,3,11-12H2,1-2H3,(H,20,22). The smallest absolute Gasteiger partial charge is 0.262 e. The molecule has 1 aliphatic heterocycles. The lowest BCUT2D eigenvalue weighted by atomic mass is 10.1. The highest BCUT2D eigenvalue weighted by Crippen LogP contribution is 2.30. The lowest BCUT2D eigenvalue weighted by Crippen LogP contribution is -2.25. The van der Waals surface area contributed by atoms with Crippen LogP contribution in [0, 0.1) is 6.92 Å². The first kappa shape index (κ1) is 16.1. The molecule has 0 spiro atoms. The maximum atomic E-state index is 12.1. The van der Waals surface area contributed by atoms with E-state index in [-0.39, 0.29) is 18.4 Å². The van der Waals surface area contributed by atoms with Crippen LogP contribution in [0.4, 0.5) is 11.4 Å². The van der Waals surface area contributed by atoms with Gasteiger partial charge in [-0.15, -0.1) is 0 Å². The maximum absolute atomic E-state index is 12.1. The third-order valence-corrected chi connectivity index (χ3v) is 4.07. The van der Waals surface area contributed by atoms with E-state index in [2.05, 4.69) is 5.32 Å². The Labute approximate surface area is 141 Å². The fourth-order valence-electron chi connectivity index (χ4n) is 2.87. The molecule has 1 N–H and O–H groups in total. The van der Waals surface area contributed by atoms with Crippen molar-refractivity contribution in [3.8, 4) is 5.75 Å². The van der Waals surface area contributed by atoms with Gasteiger partial charge in [-0.25, -0.2) is 0 Å². The zero-order valence-corrected chi connectivity index (χ0v) is 13.8. The summed E-state index contributed by atoms with van der Waals surface area (Å²) < 4.78 is 5.54. The Morgan fingerprint density at radius 3 is 2.79 bits per heavy atom. The molecular formula is C19H20N2O3. The summed E-state index contributed by atoms with van der Waals surface area (Å²) >= 11 is 0. The summed E-state index contributed by atoms with van der Waals surface area (Å²) in [5, 5.41) is 2.82. The number of ether oxygens (including phenoxy) is 1. The fourth-order valence-corrected chi connectivity index (χ4v) is 2.87. The van der Waals surface area contributed by atoms with Crippen LogP contribution in [0.25, 0.3) is 0 Å². The van der Waals surface area contributed by atoms with E-state index >= 15 is 0 Å². The Balaban J connectivity index is 1.63. The molecule has 24 heavy (non-hydrogen) atoms. The van der Waals surface area contributed by atoms with Gasteiger partial charge in [0.05, 0.1) is 6.42 Å². The van der Waals surface area contributed by atoms with Gasteiger partial charge in [0.25, 0.3) is 5.91 Å². The van der Waals surface area contributed by atoms with E-state index in [1.54, 1.807) is 4.90 Å². The summed E-state index contributed by atoms with van der Waals surface area (Å²) in [5.41, 5.74) is 3.54. The van der Waals surface area contributed by atoms with Crippen molar-refractivity contribution in [3.63, 3.8) is 0 Å². The number of nitrogens with zero attached hydrogens (tertiary/aromatic N) is 1. The lowest BCUT2D eigenvalue weighted by molar-refractivity contribution is -0.118. The summed E-state index contributed by atoms with van der Waals surface area (Å²) in [6, 6.07) is 13.1. The zero-order chi connectivity index (χ0) is 17.1. The molecule has 1 heterocycles. The van der Waals surface area contributed by atoms with Crippen molar-refractivity contribution < 1.29 is 14.3 Å². The second-order valence-corrected chi connectivity index (χ2v) is 5.76. The predicted molar refractivity (Wildman–Crippen MR) is 93.5 cm³/mol. The van der Waals surface area contributed by atoms with Crippen molar-refractivity contribution in [1.82, 2.24) is 0 Å². The quantitative estimate of drug-likeness (QED) is 0.920. The monoisotopic (exact) mass is 324 g/mol. The van der Waals surface area contributed by atoms with Gasteiger partial charge >= 0.3 is 0 Å².